The lowest BCUT2D eigenvalue weighted by Gasteiger charge is -2.18. The Kier molecular flexibility index (Phi) is 4.02. The van der Waals surface area contributed by atoms with Crippen LogP contribution < -0.4 is 4.90 Å². The minimum Gasteiger partial charge on any atom is -0.311 e. The molecule has 1 amide bonds. The first-order chi connectivity index (χ1) is 9.54. The fourth-order valence-electron chi connectivity index (χ4n) is 1.73. The third-order valence-corrected chi connectivity index (χ3v) is 3.16. The lowest BCUT2D eigenvalue weighted by atomic mass is 10.1. The molecule has 20 heavy (non-hydrogen) atoms. The van der Waals surface area contributed by atoms with E-state index in [1.54, 1.807) is 24.3 Å². The van der Waals surface area contributed by atoms with Crippen molar-refractivity contribution in [1.29, 1.82) is 5.26 Å². The van der Waals surface area contributed by atoms with Crippen LogP contribution >= 0.6 is 11.6 Å². The van der Waals surface area contributed by atoms with Gasteiger partial charge < -0.3 is 4.90 Å². The Morgan fingerprint density at radius 3 is 2.50 bits per heavy atom. The van der Waals surface area contributed by atoms with Crippen LogP contribution in [-0.2, 0) is 0 Å². The Labute approximate surface area is 120 Å². The zero-order valence-electron chi connectivity index (χ0n) is 10.6. The topological polar surface area (TPSA) is 44.1 Å². The maximum atomic E-state index is 13.8. The molecule has 0 aliphatic rings. The van der Waals surface area contributed by atoms with Gasteiger partial charge in [-0.3, -0.25) is 4.79 Å². The van der Waals surface area contributed by atoms with Gasteiger partial charge >= 0.3 is 0 Å². The number of hydrogen-bond acceptors (Lipinski definition) is 2. The first-order valence-corrected chi connectivity index (χ1v) is 6.14. The van der Waals surface area contributed by atoms with Gasteiger partial charge in [-0.2, -0.15) is 5.26 Å². The Morgan fingerprint density at radius 2 is 1.90 bits per heavy atom. The van der Waals surface area contributed by atoms with Crippen LogP contribution in [0.15, 0.2) is 42.5 Å². The SMILES string of the molecule is CN(C(=O)c1cccc(Cl)c1F)c1ccc(C#N)cc1. The second kappa shape index (κ2) is 5.72. The van der Waals surface area contributed by atoms with E-state index in [0.717, 1.165) is 0 Å². The van der Waals surface area contributed by atoms with Gasteiger partial charge in [0.15, 0.2) is 5.82 Å². The molecule has 2 rings (SSSR count). The third-order valence-electron chi connectivity index (χ3n) is 2.87. The molecule has 2 aromatic carbocycles. The van der Waals surface area contributed by atoms with Crippen molar-refractivity contribution in [2.75, 3.05) is 11.9 Å². The molecule has 0 aliphatic heterocycles. The molecule has 0 saturated carbocycles. The summed E-state index contributed by atoms with van der Waals surface area (Å²) in [7, 11) is 1.53. The number of anilines is 1. The van der Waals surface area contributed by atoms with E-state index in [0.29, 0.717) is 11.3 Å². The summed E-state index contributed by atoms with van der Waals surface area (Å²) < 4.78 is 13.8. The fourth-order valence-corrected chi connectivity index (χ4v) is 1.90. The molecule has 2 aromatic rings. The van der Waals surface area contributed by atoms with Gasteiger partial charge in [0, 0.05) is 12.7 Å². The largest absolute Gasteiger partial charge is 0.311 e. The molecular formula is C15H10ClFN2O. The summed E-state index contributed by atoms with van der Waals surface area (Å²) in [6, 6.07) is 12.7. The summed E-state index contributed by atoms with van der Waals surface area (Å²) in [6.45, 7) is 0. The maximum Gasteiger partial charge on any atom is 0.261 e. The third kappa shape index (κ3) is 2.63. The molecule has 5 heteroatoms. The number of amides is 1. The average Bonchev–Trinajstić information content (AvgIpc) is 2.48. The van der Waals surface area contributed by atoms with Crippen LogP contribution in [0.4, 0.5) is 10.1 Å². The first-order valence-electron chi connectivity index (χ1n) is 5.77. The van der Waals surface area contributed by atoms with Crippen LogP contribution in [0.2, 0.25) is 5.02 Å². The van der Waals surface area contributed by atoms with E-state index in [9.17, 15) is 9.18 Å². The van der Waals surface area contributed by atoms with Gasteiger partial charge in [-0.25, -0.2) is 4.39 Å². The molecular weight excluding hydrogens is 279 g/mol. The molecule has 0 aliphatic carbocycles. The minimum atomic E-state index is -0.736. The smallest absolute Gasteiger partial charge is 0.261 e. The zero-order valence-corrected chi connectivity index (χ0v) is 11.4. The average molecular weight is 289 g/mol. The van der Waals surface area contributed by atoms with Crippen molar-refractivity contribution in [3.63, 3.8) is 0 Å². The zero-order chi connectivity index (χ0) is 14.7. The molecule has 0 heterocycles. The molecule has 0 unspecified atom stereocenters. The molecule has 0 radical (unpaired) electrons. The van der Waals surface area contributed by atoms with E-state index >= 15 is 0 Å². The normalized spacial score (nSPS) is 9.90. The quantitative estimate of drug-likeness (QED) is 0.847. The van der Waals surface area contributed by atoms with Crippen molar-refractivity contribution in [2.24, 2.45) is 0 Å². The predicted octanol–water partition coefficient (Wildman–Crippen LogP) is 3.63. The van der Waals surface area contributed by atoms with Crippen molar-refractivity contribution in [1.82, 2.24) is 0 Å². The first kappa shape index (κ1) is 14.0. The molecule has 0 saturated heterocycles. The summed E-state index contributed by atoms with van der Waals surface area (Å²) in [5.41, 5.74) is 0.960. The van der Waals surface area contributed by atoms with Crippen molar-refractivity contribution in [3.05, 3.63) is 64.4 Å². The maximum absolute atomic E-state index is 13.8. The number of carbonyl (C=O) groups excluding carboxylic acids is 1. The van der Waals surface area contributed by atoms with E-state index in [1.807, 2.05) is 6.07 Å². The highest BCUT2D eigenvalue weighted by Crippen LogP contribution is 2.21. The standard InChI is InChI=1S/C15H10ClFN2O/c1-19(11-7-5-10(9-18)6-8-11)15(20)12-3-2-4-13(16)14(12)17/h2-8H,1H3. The minimum absolute atomic E-state index is 0.0932. The number of hydrogen-bond donors (Lipinski definition) is 0. The van der Waals surface area contributed by atoms with E-state index in [-0.39, 0.29) is 10.6 Å². The van der Waals surface area contributed by atoms with Crippen LogP contribution in [-0.4, -0.2) is 13.0 Å². The van der Waals surface area contributed by atoms with Crippen LogP contribution in [0.5, 0.6) is 0 Å². The van der Waals surface area contributed by atoms with E-state index in [4.69, 9.17) is 16.9 Å². The Hall–Kier alpha value is -2.38. The van der Waals surface area contributed by atoms with Gasteiger partial charge in [0.2, 0.25) is 0 Å². The molecule has 0 bridgehead atoms. The second-order valence-electron chi connectivity index (χ2n) is 4.12. The Balaban J connectivity index is 2.32. The van der Waals surface area contributed by atoms with Crippen molar-refractivity contribution < 1.29 is 9.18 Å². The van der Waals surface area contributed by atoms with Gasteiger partial charge in [-0.1, -0.05) is 17.7 Å². The highest BCUT2D eigenvalue weighted by atomic mass is 35.5. The van der Waals surface area contributed by atoms with Crippen LogP contribution in [0, 0.1) is 17.1 Å². The molecule has 0 aromatic heterocycles. The summed E-state index contributed by atoms with van der Waals surface area (Å²) in [4.78, 5) is 13.5. The van der Waals surface area contributed by atoms with Crippen LogP contribution in [0.25, 0.3) is 0 Å². The molecule has 0 fully saturated rings. The van der Waals surface area contributed by atoms with Crippen molar-refractivity contribution in [3.8, 4) is 6.07 Å². The lowest BCUT2D eigenvalue weighted by Crippen LogP contribution is -2.27. The molecule has 0 N–H and O–H groups in total. The molecule has 3 nitrogen and oxygen atoms in total. The lowest BCUT2D eigenvalue weighted by molar-refractivity contribution is 0.0989. The van der Waals surface area contributed by atoms with Crippen LogP contribution in [0.3, 0.4) is 0 Å². The molecule has 0 atom stereocenters. The van der Waals surface area contributed by atoms with Gasteiger partial charge in [0.25, 0.3) is 5.91 Å². The van der Waals surface area contributed by atoms with E-state index in [2.05, 4.69) is 0 Å². The number of benzene rings is 2. The summed E-state index contributed by atoms with van der Waals surface area (Å²) in [5.74, 6) is -1.24. The second-order valence-corrected chi connectivity index (χ2v) is 4.53. The monoisotopic (exact) mass is 288 g/mol. The fraction of sp³-hybridized carbons (Fsp3) is 0.0667. The highest BCUT2D eigenvalue weighted by molar-refractivity contribution is 6.31. The van der Waals surface area contributed by atoms with E-state index in [1.165, 1.54) is 30.1 Å². The van der Waals surface area contributed by atoms with Crippen molar-refractivity contribution >= 4 is 23.2 Å². The Bertz CT molecular complexity index is 692. The van der Waals surface area contributed by atoms with Crippen LogP contribution in [0.1, 0.15) is 15.9 Å². The number of halogens is 2. The summed E-state index contributed by atoms with van der Waals surface area (Å²) >= 11 is 5.67. The Morgan fingerprint density at radius 1 is 1.25 bits per heavy atom. The van der Waals surface area contributed by atoms with E-state index < -0.39 is 11.7 Å². The number of carbonyl (C=O) groups is 1. The van der Waals surface area contributed by atoms with Gasteiger partial charge in [-0.15, -0.1) is 0 Å². The summed E-state index contributed by atoms with van der Waals surface area (Å²) in [6.07, 6.45) is 0. The summed E-state index contributed by atoms with van der Waals surface area (Å²) in [5, 5.41) is 8.63. The number of rotatable bonds is 2. The predicted molar refractivity (Wildman–Crippen MR) is 75.3 cm³/mol. The number of nitriles is 1. The number of nitrogens with zero attached hydrogens (tertiary/aromatic N) is 2. The molecule has 100 valence electrons. The highest BCUT2D eigenvalue weighted by Gasteiger charge is 2.18. The van der Waals surface area contributed by atoms with Gasteiger partial charge in [-0.05, 0) is 36.4 Å². The van der Waals surface area contributed by atoms with Gasteiger partial charge in [0.05, 0.1) is 22.2 Å². The van der Waals surface area contributed by atoms with Gasteiger partial charge in [0.1, 0.15) is 0 Å². The molecule has 0 spiro atoms. The van der Waals surface area contributed by atoms with Crippen molar-refractivity contribution in [2.45, 2.75) is 0 Å².